The molecular formula is C25H19Cl2N3O2. The van der Waals surface area contributed by atoms with Crippen molar-refractivity contribution < 1.29 is 9.59 Å². The number of rotatable bonds is 6. The Morgan fingerprint density at radius 3 is 2.09 bits per heavy atom. The molecule has 0 spiro atoms. The molecule has 0 radical (unpaired) electrons. The maximum Gasteiger partial charge on any atom is 0.240 e. The number of anilines is 1. The second-order valence-corrected chi connectivity index (χ2v) is 8.04. The first kappa shape index (κ1) is 21.8. The summed E-state index contributed by atoms with van der Waals surface area (Å²) in [5.74, 6) is -0.684. The molecule has 0 unspecified atom stereocenters. The summed E-state index contributed by atoms with van der Waals surface area (Å²) in [4.78, 5) is 24.3. The molecule has 4 aromatic rings. The number of halogens is 2. The van der Waals surface area contributed by atoms with Crippen molar-refractivity contribution in [2.45, 2.75) is 12.8 Å². The molecule has 32 heavy (non-hydrogen) atoms. The monoisotopic (exact) mass is 463 g/mol. The molecule has 5 nitrogen and oxygen atoms in total. The average molecular weight is 464 g/mol. The van der Waals surface area contributed by atoms with E-state index in [-0.39, 0.29) is 24.7 Å². The van der Waals surface area contributed by atoms with E-state index >= 15 is 0 Å². The van der Waals surface area contributed by atoms with Gasteiger partial charge in [0.05, 0.1) is 16.9 Å². The van der Waals surface area contributed by atoms with Gasteiger partial charge in [-0.2, -0.15) is 5.10 Å². The van der Waals surface area contributed by atoms with Crippen LogP contribution in [0.4, 0.5) is 5.69 Å². The van der Waals surface area contributed by atoms with Crippen molar-refractivity contribution in [3.05, 3.63) is 88.4 Å². The highest BCUT2D eigenvalue weighted by molar-refractivity contribution is 6.36. The molecule has 0 aromatic heterocycles. The highest BCUT2D eigenvalue weighted by Crippen LogP contribution is 2.27. The molecule has 4 rings (SSSR count). The van der Waals surface area contributed by atoms with E-state index in [0.717, 1.165) is 27.1 Å². The number of nitrogens with zero attached hydrogens (tertiary/aromatic N) is 1. The van der Waals surface area contributed by atoms with Crippen LogP contribution in [-0.4, -0.2) is 18.0 Å². The third-order valence-electron chi connectivity index (χ3n) is 4.98. The Hall–Kier alpha value is -3.41. The number of hydrazone groups is 1. The van der Waals surface area contributed by atoms with Gasteiger partial charge < -0.3 is 5.32 Å². The van der Waals surface area contributed by atoms with E-state index in [4.69, 9.17) is 23.2 Å². The van der Waals surface area contributed by atoms with Gasteiger partial charge in [0, 0.05) is 23.4 Å². The molecule has 7 heteroatoms. The fourth-order valence-corrected chi connectivity index (χ4v) is 3.90. The highest BCUT2D eigenvalue weighted by Gasteiger charge is 2.10. The minimum absolute atomic E-state index is 0.00247. The predicted octanol–water partition coefficient (Wildman–Crippen LogP) is 6.17. The van der Waals surface area contributed by atoms with Gasteiger partial charge in [0.2, 0.25) is 11.8 Å². The van der Waals surface area contributed by atoms with Crippen LogP contribution in [0, 0.1) is 0 Å². The number of hydrogen-bond donors (Lipinski definition) is 2. The van der Waals surface area contributed by atoms with Gasteiger partial charge in [-0.1, -0.05) is 71.7 Å². The van der Waals surface area contributed by atoms with Crippen LogP contribution in [-0.2, 0) is 9.59 Å². The summed E-state index contributed by atoms with van der Waals surface area (Å²) in [5, 5.41) is 11.9. The van der Waals surface area contributed by atoms with E-state index in [1.807, 2.05) is 48.5 Å². The summed E-state index contributed by atoms with van der Waals surface area (Å²) in [6.45, 7) is 0. The first-order chi connectivity index (χ1) is 15.5. The van der Waals surface area contributed by atoms with Crippen LogP contribution in [0.1, 0.15) is 18.4 Å². The van der Waals surface area contributed by atoms with Crippen molar-refractivity contribution in [2.24, 2.45) is 5.10 Å². The second kappa shape index (κ2) is 9.81. The number of hydrogen-bond acceptors (Lipinski definition) is 3. The summed E-state index contributed by atoms with van der Waals surface area (Å²) in [6, 6.07) is 23.0. The van der Waals surface area contributed by atoms with Crippen LogP contribution in [0.2, 0.25) is 10.0 Å². The molecule has 0 bridgehead atoms. The number of carbonyl (C=O) groups excluding carboxylic acids is 2. The lowest BCUT2D eigenvalue weighted by atomic mass is 9.97. The molecular weight excluding hydrogens is 445 g/mol. The second-order valence-electron chi connectivity index (χ2n) is 7.20. The molecule has 0 aliphatic rings. The Morgan fingerprint density at radius 1 is 0.812 bits per heavy atom. The highest BCUT2D eigenvalue weighted by atomic mass is 35.5. The fraction of sp³-hybridized carbons (Fsp3) is 0.0800. The molecule has 0 saturated heterocycles. The molecule has 0 saturated carbocycles. The maximum atomic E-state index is 12.2. The van der Waals surface area contributed by atoms with Crippen molar-refractivity contribution >= 4 is 68.5 Å². The lowest BCUT2D eigenvalue weighted by Gasteiger charge is -2.08. The molecule has 2 N–H and O–H groups in total. The Labute approximate surface area is 195 Å². The van der Waals surface area contributed by atoms with E-state index < -0.39 is 0 Å². The molecule has 0 heterocycles. The normalized spacial score (nSPS) is 11.2. The van der Waals surface area contributed by atoms with Crippen molar-refractivity contribution in [3.63, 3.8) is 0 Å². The van der Waals surface area contributed by atoms with Gasteiger partial charge in [-0.15, -0.1) is 0 Å². The van der Waals surface area contributed by atoms with Crippen LogP contribution in [0.15, 0.2) is 77.9 Å². The van der Waals surface area contributed by atoms with E-state index in [9.17, 15) is 9.59 Å². The maximum absolute atomic E-state index is 12.2. The number of nitrogens with one attached hydrogen (secondary N) is 2. The van der Waals surface area contributed by atoms with Crippen LogP contribution < -0.4 is 10.7 Å². The van der Waals surface area contributed by atoms with Crippen LogP contribution >= 0.6 is 23.2 Å². The number of amides is 2. The molecule has 0 aliphatic carbocycles. The Balaban J connectivity index is 1.40. The Morgan fingerprint density at radius 2 is 1.44 bits per heavy atom. The zero-order valence-corrected chi connectivity index (χ0v) is 18.5. The standard InChI is InChI=1S/C25H19Cl2N3O2/c26-18-9-10-23(22(27)14-18)29-24(31)11-12-25(32)30-28-15-21-19-7-3-1-5-16(19)13-17-6-2-4-8-20(17)21/h1-10,13-15H,11-12H2,(H,29,31)(H,30,32)/b28-15-. The van der Waals surface area contributed by atoms with Gasteiger partial charge in [-0.25, -0.2) is 5.43 Å². The topological polar surface area (TPSA) is 70.6 Å². The predicted molar refractivity (Wildman–Crippen MR) is 132 cm³/mol. The van der Waals surface area contributed by atoms with E-state index in [1.54, 1.807) is 18.3 Å². The molecule has 2 amide bonds. The molecule has 160 valence electrons. The lowest BCUT2D eigenvalue weighted by molar-refractivity contribution is -0.124. The fourth-order valence-electron chi connectivity index (χ4n) is 3.44. The molecule has 0 fully saturated rings. The zero-order valence-electron chi connectivity index (χ0n) is 16.9. The Kier molecular flexibility index (Phi) is 6.69. The van der Waals surface area contributed by atoms with Gasteiger partial charge in [0.25, 0.3) is 0 Å². The summed E-state index contributed by atoms with van der Waals surface area (Å²) in [6.07, 6.45) is 1.64. The van der Waals surface area contributed by atoms with Crippen LogP contribution in [0.5, 0.6) is 0 Å². The van der Waals surface area contributed by atoms with Crippen LogP contribution in [0.25, 0.3) is 21.5 Å². The summed E-state index contributed by atoms with van der Waals surface area (Å²) in [7, 11) is 0. The van der Waals surface area contributed by atoms with Crippen molar-refractivity contribution in [2.75, 3.05) is 5.32 Å². The van der Waals surface area contributed by atoms with Gasteiger partial charge in [-0.05, 0) is 45.8 Å². The zero-order chi connectivity index (χ0) is 22.5. The minimum atomic E-state index is -0.358. The van der Waals surface area contributed by atoms with E-state index in [0.29, 0.717) is 15.7 Å². The van der Waals surface area contributed by atoms with Gasteiger partial charge in [-0.3, -0.25) is 9.59 Å². The van der Waals surface area contributed by atoms with Crippen molar-refractivity contribution in [3.8, 4) is 0 Å². The minimum Gasteiger partial charge on any atom is -0.325 e. The van der Waals surface area contributed by atoms with Crippen molar-refractivity contribution in [1.82, 2.24) is 5.43 Å². The number of benzene rings is 4. The SMILES string of the molecule is O=C(CCC(=O)Nc1ccc(Cl)cc1Cl)N/N=C\c1c2ccccc2cc2ccccc12. The average Bonchev–Trinajstić information content (AvgIpc) is 2.79. The summed E-state index contributed by atoms with van der Waals surface area (Å²) < 4.78 is 0. The van der Waals surface area contributed by atoms with Crippen molar-refractivity contribution in [1.29, 1.82) is 0 Å². The smallest absolute Gasteiger partial charge is 0.240 e. The largest absolute Gasteiger partial charge is 0.325 e. The third kappa shape index (κ3) is 5.07. The molecule has 0 atom stereocenters. The Bertz CT molecular complexity index is 1300. The molecule has 4 aromatic carbocycles. The summed E-state index contributed by atoms with van der Waals surface area (Å²) >= 11 is 11.9. The number of carbonyl (C=O) groups is 2. The van der Waals surface area contributed by atoms with Gasteiger partial charge in [0.15, 0.2) is 0 Å². The van der Waals surface area contributed by atoms with Gasteiger partial charge >= 0.3 is 0 Å². The van der Waals surface area contributed by atoms with Crippen LogP contribution in [0.3, 0.4) is 0 Å². The first-order valence-corrected chi connectivity index (χ1v) is 10.7. The quantitative estimate of drug-likeness (QED) is 0.204. The van der Waals surface area contributed by atoms with E-state index in [1.165, 1.54) is 6.07 Å². The lowest BCUT2D eigenvalue weighted by Crippen LogP contribution is -2.20. The third-order valence-corrected chi connectivity index (χ3v) is 5.53. The summed E-state index contributed by atoms with van der Waals surface area (Å²) in [5.41, 5.74) is 3.88. The van der Waals surface area contributed by atoms with Gasteiger partial charge in [0.1, 0.15) is 0 Å². The van der Waals surface area contributed by atoms with E-state index in [2.05, 4.69) is 21.9 Å². The molecule has 0 aliphatic heterocycles. The first-order valence-electron chi connectivity index (χ1n) is 9.98. The number of fused-ring (bicyclic) bond motifs is 2.